The van der Waals surface area contributed by atoms with Gasteiger partial charge in [0.15, 0.2) is 5.75 Å². The first kappa shape index (κ1) is 20.1. The predicted molar refractivity (Wildman–Crippen MR) is 108 cm³/mol. The molecular weight excluding hydrogens is 328 g/mol. The zero-order valence-corrected chi connectivity index (χ0v) is 16.3. The molecule has 0 aliphatic rings. The van der Waals surface area contributed by atoms with E-state index >= 15 is 0 Å². The van der Waals surface area contributed by atoms with E-state index in [0.29, 0.717) is 36.1 Å². The Kier molecular flexibility index (Phi) is 7.82. The quantitative estimate of drug-likeness (QED) is 0.442. The molecule has 1 aromatic carbocycles. The maximum atomic E-state index is 12.6. The second-order valence-corrected chi connectivity index (χ2v) is 7.03. The predicted octanol–water partition coefficient (Wildman–Crippen LogP) is 4.88. The molecule has 0 radical (unpaired) electrons. The molecule has 0 aliphatic carbocycles. The molecule has 1 heterocycles. The second-order valence-electron chi connectivity index (χ2n) is 7.03. The summed E-state index contributed by atoms with van der Waals surface area (Å²) in [5.74, 6) is 1.20. The van der Waals surface area contributed by atoms with Gasteiger partial charge in [0.2, 0.25) is 5.75 Å². The normalized spacial score (nSPS) is 12.3. The summed E-state index contributed by atoms with van der Waals surface area (Å²) < 4.78 is 11.9. The zero-order chi connectivity index (χ0) is 18.9. The Balaban J connectivity index is 2.28. The molecule has 1 atom stereocenters. The number of hydrogen-bond donors (Lipinski definition) is 2. The Labute approximate surface area is 155 Å². The van der Waals surface area contributed by atoms with Crippen molar-refractivity contribution in [2.24, 2.45) is 5.92 Å². The molecule has 0 spiro atoms. The van der Waals surface area contributed by atoms with Crippen molar-refractivity contribution in [2.45, 2.75) is 59.3 Å². The van der Waals surface area contributed by atoms with Gasteiger partial charge in [0, 0.05) is 11.1 Å². The number of nitrogen functional groups attached to an aromatic ring is 1. The summed E-state index contributed by atoms with van der Waals surface area (Å²) in [4.78, 5) is 15.4. The van der Waals surface area contributed by atoms with Gasteiger partial charge in [0.25, 0.3) is 5.56 Å². The summed E-state index contributed by atoms with van der Waals surface area (Å²) in [6.45, 7) is 7.53. The standard InChI is InChI=1S/C21H32N2O3/c1-4-6-7-8-12-25-19-17-11-10-16(22)13-18(17)23-21(24)20(19)26-14-15(3)9-5-2/h10-11,13,15H,4-9,12,14,22H2,1-3H3,(H,23,24). The van der Waals surface area contributed by atoms with Crippen LogP contribution in [0.4, 0.5) is 5.69 Å². The maximum Gasteiger partial charge on any atom is 0.294 e. The van der Waals surface area contributed by atoms with Gasteiger partial charge in [-0.1, -0.05) is 46.5 Å². The summed E-state index contributed by atoms with van der Waals surface area (Å²) in [5.41, 5.74) is 6.86. The van der Waals surface area contributed by atoms with Crippen LogP contribution in [0.2, 0.25) is 0 Å². The molecule has 26 heavy (non-hydrogen) atoms. The highest BCUT2D eigenvalue weighted by Crippen LogP contribution is 2.33. The van der Waals surface area contributed by atoms with Crippen LogP contribution in [-0.2, 0) is 0 Å². The van der Waals surface area contributed by atoms with Gasteiger partial charge in [-0.3, -0.25) is 4.79 Å². The Bertz CT molecular complexity index is 755. The number of ether oxygens (including phenoxy) is 2. The lowest BCUT2D eigenvalue weighted by atomic mass is 10.1. The van der Waals surface area contributed by atoms with Crippen molar-refractivity contribution in [3.63, 3.8) is 0 Å². The van der Waals surface area contributed by atoms with E-state index in [9.17, 15) is 4.79 Å². The molecule has 0 fully saturated rings. The average Bonchev–Trinajstić information content (AvgIpc) is 2.60. The topological polar surface area (TPSA) is 77.3 Å². The molecule has 2 aromatic rings. The fraction of sp³-hybridized carbons (Fsp3) is 0.571. The van der Waals surface area contributed by atoms with Crippen LogP contribution < -0.4 is 20.8 Å². The Morgan fingerprint density at radius 2 is 1.88 bits per heavy atom. The number of rotatable bonds is 11. The Morgan fingerprint density at radius 3 is 2.62 bits per heavy atom. The van der Waals surface area contributed by atoms with Gasteiger partial charge in [-0.15, -0.1) is 0 Å². The molecule has 2 rings (SSSR count). The SMILES string of the molecule is CCCCCCOc1c(OCC(C)CCC)c(=O)[nH]c2cc(N)ccc12. The molecule has 0 saturated heterocycles. The van der Waals surface area contributed by atoms with Crippen LogP contribution in [0.5, 0.6) is 11.5 Å². The van der Waals surface area contributed by atoms with Gasteiger partial charge in [0.1, 0.15) is 0 Å². The summed E-state index contributed by atoms with van der Waals surface area (Å²) in [6, 6.07) is 5.45. The number of hydrogen-bond acceptors (Lipinski definition) is 4. The summed E-state index contributed by atoms with van der Waals surface area (Å²) >= 11 is 0. The highest BCUT2D eigenvalue weighted by Gasteiger charge is 2.17. The van der Waals surface area contributed by atoms with Crippen molar-refractivity contribution in [1.29, 1.82) is 0 Å². The molecule has 5 heteroatoms. The lowest BCUT2D eigenvalue weighted by molar-refractivity contribution is 0.228. The number of nitrogens with two attached hydrogens (primary N) is 1. The number of fused-ring (bicyclic) bond motifs is 1. The van der Waals surface area contributed by atoms with Crippen LogP contribution in [0.25, 0.3) is 10.9 Å². The van der Waals surface area contributed by atoms with E-state index in [1.807, 2.05) is 12.1 Å². The smallest absolute Gasteiger partial charge is 0.294 e. The Morgan fingerprint density at radius 1 is 1.08 bits per heavy atom. The highest BCUT2D eigenvalue weighted by molar-refractivity contribution is 5.89. The molecular formula is C21H32N2O3. The summed E-state index contributed by atoms with van der Waals surface area (Å²) in [7, 11) is 0. The van der Waals surface area contributed by atoms with Gasteiger partial charge >= 0.3 is 0 Å². The number of pyridine rings is 1. The number of anilines is 1. The van der Waals surface area contributed by atoms with Gasteiger partial charge in [-0.25, -0.2) is 0 Å². The second kappa shape index (κ2) is 10.1. The monoisotopic (exact) mass is 360 g/mol. The number of benzene rings is 1. The van der Waals surface area contributed by atoms with Gasteiger partial charge in [-0.05, 0) is 37.0 Å². The number of aromatic amines is 1. The Hall–Kier alpha value is -2.17. The molecule has 1 aromatic heterocycles. The molecule has 0 saturated carbocycles. The van der Waals surface area contributed by atoms with E-state index in [1.54, 1.807) is 6.07 Å². The fourth-order valence-electron chi connectivity index (χ4n) is 3.05. The van der Waals surface area contributed by atoms with Crippen molar-refractivity contribution in [3.8, 4) is 11.5 Å². The van der Waals surface area contributed by atoms with Crippen LogP contribution in [0.3, 0.4) is 0 Å². The molecule has 0 aliphatic heterocycles. The fourth-order valence-corrected chi connectivity index (χ4v) is 3.05. The van der Waals surface area contributed by atoms with E-state index in [-0.39, 0.29) is 11.3 Å². The van der Waals surface area contributed by atoms with Crippen molar-refractivity contribution in [2.75, 3.05) is 18.9 Å². The summed E-state index contributed by atoms with van der Waals surface area (Å²) in [5, 5.41) is 0.826. The maximum absolute atomic E-state index is 12.6. The summed E-state index contributed by atoms with van der Waals surface area (Å²) in [6.07, 6.45) is 6.61. The van der Waals surface area contributed by atoms with Crippen LogP contribution in [-0.4, -0.2) is 18.2 Å². The van der Waals surface area contributed by atoms with Crippen LogP contribution in [0.1, 0.15) is 59.3 Å². The number of nitrogens with one attached hydrogen (secondary N) is 1. The lowest BCUT2D eigenvalue weighted by Gasteiger charge is -2.17. The number of H-pyrrole nitrogens is 1. The number of unbranched alkanes of at least 4 members (excludes halogenated alkanes) is 3. The van der Waals surface area contributed by atoms with E-state index < -0.39 is 0 Å². The third-order valence-electron chi connectivity index (χ3n) is 4.49. The van der Waals surface area contributed by atoms with Gasteiger partial charge in [0.05, 0.1) is 18.7 Å². The van der Waals surface area contributed by atoms with Crippen LogP contribution >= 0.6 is 0 Å². The highest BCUT2D eigenvalue weighted by atomic mass is 16.5. The average molecular weight is 360 g/mol. The van der Waals surface area contributed by atoms with Crippen molar-refractivity contribution in [1.82, 2.24) is 4.98 Å². The van der Waals surface area contributed by atoms with Crippen LogP contribution in [0, 0.1) is 5.92 Å². The number of aromatic nitrogens is 1. The first-order valence-corrected chi connectivity index (χ1v) is 9.77. The molecule has 144 valence electrons. The van der Waals surface area contributed by atoms with Crippen molar-refractivity contribution >= 4 is 16.6 Å². The van der Waals surface area contributed by atoms with Gasteiger partial charge in [-0.2, -0.15) is 0 Å². The van der Waals surface area contributed by atoms with Crippen molar-refractivity contribution in [3.05, 3.63) is 28.6 Å². The third-order valence-corrected chi connectivity index (χ3v) is 4.49. The first-order valence-electron chi connectivity index (χ1n) is 9.77. The molecule has 1 unspecified atom stereocenters. The van der Waals surface area contributed by atoms with Gasteiger partial charge < -0.3 is 20.2 Å². The lowest BCUT2D eigenvalue weighted by Crippen LogP contribution is -2.17. The van der Waals surface area contributed by atoms with E-state index in [0.717, 1.165) is 31.1 Å². The van der Waals surface area contributed by atoms with Crippen molar-refractivity contribution < 1.29 is 9.47 Å². The van der Waals surface area contributed by atoms with E-state index in [2.05, 4.69) is 25.8 Å². The molecule has 5 nitrogen and oxygen atoms in total. The largest absolute Gasteiger partial charge is 0.489 e. The minimum absolute atomic E-state index is 0.268. The minimum Gasteiger partial charge on any atom is -0.489 e. The minimum atomic E-state index is -0.268. The molecule has 3 N–H and O–H groups in total. The molecule has 0 bridgehead atoms. The van der Waals surface area contributed by atoms with Crippen LogP contribution in [0.15, 0.2) is 23.0 Å². The third kappa shape index (κ3) is 5.41. The van der Waals surface area contributed by atoms with E-state index in [4.69, 9.17) is 15.2 Å². The van der Waals surface area contributed by atoms with E-state index in [1.165, 1.54) is 12.8 Å². The zero-order valence-electron chi connectivity index (χ0n) is 16.3. The first-order chi connectivity index (χ1) is 12.6. The molecule has 0 amide bonds.